The molecule has 1 aromatic carbocycles. The number of nitriles is 1. The first-order valence-corrected chi connectivity index (χ1v) is 8.87. The Morgan fingerprint density at radius 2 is 2.10 bits per heavy atom. The van der Waals surface area contributed by atoms with Gasteiger partial charge in [-0.05, 0) is 25.1 Å². The Bertz CT molecular complexity index is 1080. The molecule has 3 N–H and O–H groups in total. The first-order valence-electron chi connectivity index (χ1n) is 8.87. The number of fused-ring (bicyclic) bond motifs is 1. The molecule has 0 aliphatic carbocycles. The Kier molecular flexibility index (Phi) is 7.75. The fourth-order valence-electron chi connectivity index (χ4n) is 2.76. The standard InChI is InChI=1S/C17H18N6O.C2HF3O2/c1-22(11-17-19-9-14(8-18)21-17)7-6-13-10-23(20-12-24)16-5-3-2-4-15(13)16;3-2(4,5)1(6)7/h2-5,9-10,12H,6-7,11H2,1H3,(H,19,21)(H,20,24);(H,6,7). The largest absolute Gasteiger partial charge is 0.490 e. The van der Waals surface area contributed by atoms with E-state index in [0.717, 1.165) is 29.7 Å². The number of carbonyl (C=O) groups excluding carboxylic acids is 1. The maximum absolute atomic E-state index is 10.7. The van der Waals surface area contributed by atoms with Gasteiger partial charge in [0.05, 0.1) is 18.3 Å². The molecule has 164 valence electrons. The van der Waals surface area contributed by atoms with E-state index in [2.05, 4.69) is 26.4 Å². The Balaban J connectivity index is 0.000000423. The SMILES string of the molecule is CN(CCc1cn(NC=O)c2ccccc12)Cc1ncc(C#N)[nH]1.O=C(O)C(F)(F)F. The van der Waals surface area contributed by atoms with Gasteiger partial charge in [0.15, 0.2) is 0 Å². The Labute approximate surface area is 174 Å². The van der Waals surface area contributed by atoms with Gasteiger partial charge in [0.1, 0.15) is 17.6 Å². The van der Waals surface area contributed by atoms with Crippen LogP contribution in [0.3, 0.4) is 0 Å². The Hall–Kier alpha value is -3.85. The molecule has 0 aliphatic heterocycles. The molecule has 0 bridgehead atoms. The number of nitrogens with zero attached hydrogens (tertiary/aromatic N) is 4. The number of aliphatic carboxylic acids is 1. The van der Waals surface area contributed by atoms with Gasteiger partial charge in [0, 0.05) is 18.1 Å². The number of rotatable bonds is 7. The number of halogens is 3. The van der Waals surface area contributed by atoms with E-state index in [-0.39, 0.29) is 0 Å². The highest BCUT2D eigenvalue weighted by molar-refractivity contribution is 5.85. The van der Waals surface area contributed by atoms with E-state index in [0.29, 0.717) is 18.6 Å². The second-order valence-electron chi connectivity index (χ2n) is 6.43. The van der Waals surface area contributed by atoms with Crippen LogP contribution in [0.15, 0.2) is 36.7 Å². The van der Waals surface area contributed by atoms with Gasteiger partial charge in [0.25, 0.3) is 0 Å². The van der Waals surface area contributed by atoms with E-state index in [1.54, 1.807) is 10.9 Å². The third-order valence-corrected chi connectivity index (χ3v) is 4.16. The van der Waals surface area contributed by atoms with Crippen molar-refractivity contribution in [2.75, 3.05) is 19.0 Å². The zero-order chi connectivity index (χ0) is 23.0. The zero-order valence-corrected chi connectivity index (χ0v) is 16.3. The predicted molar refractivity (Wildman–Crippen MR) is 104 cm³/mol. The minimum atomic E-state index is -5.08. The maximum Gasteiger partial charge on any atom is 0.490 e. The number of aromatic amines is 1. The lowest BCUT2D eigenvalue weighted by Crippen LogP contribution is -2.21. The van der Waals surface area contributed by atoms with Crippen LogP contribution in [0.1, 0.15) is 17.1 Å². The van der Waals surface area contributed by atoms with Crippen molar-refractivity contribution in [3.63, 3.8) is 0 Å². The van der Waals surface area contributed by atoms with Gasteiger partial charge in [-0.3, -0.25) is 19.8 Å². The summed E-state index contributed by atoms with van der Waals surface area (Å²) in [6.45, 7) is 1.48. The smallest absolute Gasteiger partial charge is 0.475 e. The van der Waals surface area contributed by atoms with Crippen molar-refractivity contribution in [3.8, 4) is 6.07 Å². The van der Waals surface area contributed by atoms with Crippen LogP contribution in [0.4, 0.5) is 13.2 Å². The summed E-state index contributed by atoms with van der Waals surface area (Å²) in [5.41, 5.74) is 5.31. The number of hydrogen-bond donors (Lipinski definition) is 3. The second-order valence-corrected chi connectivity index (χ2v) is 6.43. The first-order chi connectivity index (χ1) is 14.7. The number of carboxylic acid groups (broad SMARTS) is 1. The van der Waals surface area contributed by atoms with Crippen molar-refractivity contribution >= 4 is 23.3 Å². The number of H-pyrrole nitrogens is 1. The summed E-state index contributed by atoms with van der Waals surface area (Å²) in [6.07, 6.45) is -0.0716. The molecule has 0 radical (unpaired) electrons. The lowest BCUT2D eigenvalue weighted by atomic mass is 10.1. The molecule has 12 heteroatoms. The molecule has 0 saturated carbocycles. The summed E-state index contributed by atoms with van der Waals surface area (Å²) < 4.78 is 33.5. The monoisotopic (exact) mass is 436 g/mol. The normalized spacial score (nSPS) is 11.0. The van der Waals surface area contributed by atoms with Gasteiger partial charge in [-0.2, -0.15) is 18.4 Å². The van der Waals surface area contributed by atoms with E-state index >= 15 is 0 Å². The van der Waals surface area contributed by atoms with Crippen molar-refractivity contribution in [2.45, 2.75) is 19.1 Å². The van der Waals surface area contributed by atoms with Crippen LogP contribution in [0, 0.1) is 11.3 Å². The number of aromatic nitrogens is 3. The van der Waals surface area contributed by atoms with Gasteiger partial charge >= 0.3 is 12.1 Å². The van der Waals surface area contributed by atoms with Crippen LogP contribution in [0.25, 0.3) is 10.9 Å². The molecule has 3 rings (SSSR count). The fraction of sp³-hybridized carbons (Fsp3) is 0.263. The van der Waals surface area contributed by atoms with Crippen molar-refractivity contribution in [1.82, 2.24) is 19.5 Å². The summed E-state index contributed by atoms with van der Waals surface area (Å²) in [7, 11) is 2.01. The van der Waals surface area contributed by atoms with Gasteiger partial charge < -0.3 is 10.1 Å². The average molecular weight is 436 g/mol. The first kappa shape index (κ1) is 23.4. The molecule has 1 amide bonds. The quantitative estimate of drug-likeness (QED) is 0.488. The molecule has 2 aromatic heterocycles. The number of benzene rings is 1. The van der Waals surface area contributed by atoms with Crippen LogP contribution in [0.5, 0.6) is 0 Å². The third-order valence-electron chi connectivity index (χ3n) is 4.16. The van der Waals surface area contributed by atoms with E-state index in [1.165, 1.54) is 5.56 Å². The van der Waals surface area contributed by atoms with Crippen molar-refractivity contribution in [1.29, 1.82) is 5.26 Å². The summed E-state index contributed by atoms with van der Waals surface area (Å²) in [6, 6.07) is 10.0. The highest BCUT2D eigenvalue weighted by Crippen LogP contribution is 2.21. The van der Waals surface area contributed by atoms with Crippen LogP contribution in [-0.4, -0.2) is 56.8 Å². The number of hydrogen-bond acceptors (Lipinski definition) is 5. The van der Waals surface area contributed by atoms with Crippen LogP contribution < -0.4 is 5.43 Å². The third kappa shape index (κ3) is 6.58. The van der Waals surface area contributed by atoms with Gasteiger partial charge in [0.2, 0.25) is 6.41 Å². The second kappa shape index (κ2) is 10.3. The lowest BCUT2D eigenvalue weighted by molar-refractivity contribution is -0.192. The molecule has 2 heterocycles. The minimum absolute atomic E-state index is 0.474. The molecule has 0 aliphatic rings. The molecule has 9 nitrogen and oxygen atoms in total. The number of likely N-dealkylation sites (N-methyl/N-ethyl adjacent to an activating group) is 1. The number of imidazole rings is 1. The Morgan fingerprint density at radius 1 is 1.42 bits per heavy atom. The fourth-order valence-corrected chi connectivity index (χ4v) is 2.76. The molecular formula is C19H19F3N6O3. The topological polar surface area (TPSA) is 127 Å². The van der Waals surface area contributed by atoms with Crippen molar-refractivity contribution in [2.24, 2.45) is 0 Å². The number of amides is 1. The minimum Gasteiger partial charge on any atom is -0.475 e. The molecule has 31 heavy (non-hydrogen) atoms. The van der Waals surface area contributed by atoms with Gasteiger partial charge in [-0.1, -0.05) is 18.2 Å². The summed E-state index contributed by atoms with van der Waals surface area (Å²) >= 11 is 0. The molecular weight excluding hydrogens is 417 g/mol. The number of para-hydroxylation sites is 1. The number of carboxylic acids is 1. The van der Waals surface area contributed by atoms with Gasteiger partial charge in [-0.15, -0.1) is 0 Å². The van der Waals surface area contributed by atoms with Crippen LogP contribution >= 0.6 is 0 Å². The molecule has 0 unspecified atom stereocenters. The van der Waals surface area contributed by atoms with Crippen LogP contribution in [0.2, 0.25) is 0 Å². The van der Waals surface area contributed by atoms with Crippen molar-refractivity contribution < 1.29 is 27.9 Å². The number of carbonyl (C=O) groups is 2. The highest BCUT2D eigenvalue weighted by atomic mass is 19.4. The molecule has 0 fully saturated rings. The lowest BCUT2D eigenvalue weighted by Gasteiger charge is -2.14. The van der Waals surface area contributed by atoms with E-state index in [4.69, 9.17) is 15.2 Å². The Morgan fingerprint density at radius 3 is 2.68 bits per heavy atom. The summed E-state index contributed by atoms with van der Waals surface area (Å²) in [5.74, 6) is -1.98. The molecule has 0 spiro atoms. The molecule has 0 saturated heterocycles. The van der Waals surface area contributed by atoms with Gasteiger partial charge in [-0.25, -0.2) is 9.78 Å². The highest BCUT2D eigenvalue weighted by Gasteiger charge is 2.38. The van der Waals surface area contributed by atoms with E-state index < -0.39 is 12.1 Å². The average Bonchev–Trinajstić information content (AvgIpc) is 3.31. The predicted octanol–water partition coefficient (Wildman–Crippen LogP) is 2.24. The molecule has 3 aromatic rings. The summed E-state index contributed by atoms with van der Waals surface area (Å²) in [4.78, 5) is 28.9. The summed E-state index contributed by atoms with van der Waals surface area (Å²) in [5, 5.41) is 17.1. The van der Waals surface area contributed by atoms with E-state index in [9.17, 15) is 18.0 Å². The zero-order valence-electron chi connectivity index (χ0n) is 16.3. The molecule has 0 atom stereocenters. The number of nitrogens with one attached hydrogen (secondary N) is 2. The number of alkyl halides is 3. The van der Waals surface area contributed by atoms with Crippen molar-refractivity contribution in [3.05, 3.63) is 53.7 Å². The van der Waals surface area contributed by atoms with Crippen LogP contribution in [-0.2, 0) is 22.6 Å². The van der Waals surface area contributed by atoms with E-state index in [1.807, 2.05) is 37.5 Å². The maximum atomic E-state index is 10.7.